The van der Waals surface area contributed by atoms with E-state index in [1.165, 1.54) is 0 Å². The SMILES string of the molecule is Cc1cccc2c1CCC(=O)N2F. The summed E-state index contributed by atoms with van der Waals surface area (Å²) in [4.78, 5) is 11.0. The Morgan fingerprint density at radius 1 is 1.38 bits per heavy atom. The minimum absolute atomic E-state index is 0.256. The van der Waals surface area contributed by atoms with Crippen LogP contribution in [0.15, 0.2) is 18.2 Å². The van der Waals surface area contributed by atoms with Crippen LogP contribution in [0.5, 0.6) is 0 Å². The standard InChI is InChI=1S/C10H10FNO/c1-7-3-2-4-9-8(7)5-6-10(13)12(9)11/h2-4H,5-6H2,1H3. The van der Waals surface area contributed by atoms with Crippen molar-refractivity contribution in [2.24, 2.45) is 0 Å². The quantitative estimate of drug-likeness (QED) is 0.559. The summed E-state index contributed by atoms with van der Waals surface area (Å²) in [6.07, 6.45) is 0.926. The lowest BCUT2D eigenvalue weighted by Gasteiger charge is -2.22. The van der Waals surface area contributed by atoms with E-state index in [0.717, 1.165) is 11.1 Å². The van der Waals surface area contributed by atoms with Gasteiger partial charge in [-0.25, -0.2) is 0 Å². The summed E-state index contributed by atoms with van der Waals surface area (Å²) in [5.74, 6) is -0.446. The number of nitrogens with zero attached hydrogens (tertiary/aromatic N) is 1. The molecule has 1 aromatic rings. The maximum atomic E-state index is 13.2. The van der Waals surface area contributed by atoms with E-state index in [9.17, 15) is 9.28 Å². The summed E-state index contributed by atoms with van der Waals surface area (Å²) in [5.41, 5.74) is 2.41. The molecule has 0 saturated carbocycles. The molecule has 68 valence electrons. The Morgan fingerprint density at radius 2 is 2.15 bits per heavy atom. The van der Waals surface area contributed by atoms with E-state index in [-0.39, 0.29) is 11.5 Å². The van der Waals surface area contributed by atoms with Crippen LogP contribution in [0.25, 0.3) is 0 Å². The molecule has 0 N–H and O–H groups in total. The highest BCUT2D eigenvalue weighted by Gasteiger charge is 2.24. The normalized spacial score (nSPS) is 15.8. The molecule has 1 heterocycles. The fourth-order valence-corrected chi connectivity index (χ4v) is 1.66. The van der Waals surface area contributed by atoms with Gasteiger partial charge in [0.2, 0.25) is 0 Å². The molecule has 1 aromatic carbocycles. The van der Waals surface area contributed by atoms with E-state index in [4.69, 9.17) is 0 Å². The van der Waals surface area contributed by atoms with E-state index in [1.807, 2.05) is 13.0 Å². The maximum Gasteiger partial charge on any atom is 0.255 e. The van der Waals surface area contributed by atoms with Crippen LogP contribution in [0.3, 0.4) is 0 Å². The predicted molar refractivity (Wildman–Crippen MR) is 48.1 cm³/mol. The molecular weight excluding hydrogens is 169 g/mol. The number of benzene rings is 1. The van der Waals surface area contributed by atoms with Crippen molar-refractivity contribution < 1.29 is 9.28 Å². The molecule has 0 aromatic heterocycles. The Labute approximate surface area is 75.9 Å². The van der Waals surface area contributed by atoms with Crippen molar-refractivity contribution in [3.05, 3.63) is 29.3 Å². The molecule has 0 unspecified atom stereocenters. The summed E-state index contributed by atoms with van der Waals surface area (Å²) < 4.78 is 13.2. The largest absolute Gasteiger partial charge is 0.272 e. The second-order valence-electron chi connectivity index (χ2n) is 3.25. The van der Waals surface area contributed by atoms with Gasteiger partial charge in [-0.1, -0.05) is 16.6 Å². The van der Waals surface area contributed by atoms with E-state index in [2.05, 4.69) is 0 Å². The summed E-state index contributed by atoms with van der Waals surface area (Å²) in [7, 11) is 0. The average Bonchev–Trinajstić information content (AvgIpc) is 2.12. The van der Waals surface area contributed by atoms with Crippen molar-refractivity contribution in [1.82, 2.24) is 0 Å². The van der Waals surface area contributed by atoms with Gasteiger partial charge in [-0.15, -0.1) is 5.12 Å². The molecule has 0 bridgehead atoms. The third-order valence-corrected chi connectivity index (χ3v) is 2.40. The molecular formula is C10H10FNO. The van der Waals surface area contributed by atoms with Crippen molar-refractivity contribution in [3.63, 3.8) is 0 Å². The minimum atomic E-state index is -0.446. The van der Waals surface area contributed by atoms with Crippen molar-refractivity contribution >= 4 is 11.6 Å². The fraction of sp³-hybridized carbons (Fsp3) is 0.300. The minimum Gasteiger partial charge on any atom is -0.272 e. The summed E-state index contributed by atoms with van der Waals surface area (Å²) in [6, 6.07) is 5.33. The van der Waals surface area contributed by atoms with Crippen LogP contribution in [0, 0.1) is 6.92 Å². The number of amides is 1. The number of carbonyl (C=O) groups excluding carboxylic acids is 1. The number of fused-ring (bicyclic) bond motifs is 1. The molecule has 1 amide bonds. The smallest absolute Gasteiger partial charge is 0.255 e. The summed E-state index contributed by atoms with van der Waals surface area (Å²) in [6.45, 7) is 1.93. The molecule has 0 fully saturated rings. The monoisotopic (exact) mass is 179 g/mol. The van der Waals surface area contributed by atoms with Crippen LogP contribution >= 0.6 is 0 Å². The van der Waals surface area contributed by atoms with Gasteiger partial charge in [0.15, 0.2) is 0 Å². The highest BCUT2D eigenvalue weighted by Crippen LogP contribution is 2.30. The molecule has 2 rings (SSSR count). The van der Waals surface area contributed by atoms with Crippen LogP contribution in [-0.4, -0.2) is 5.91 Å². The topological polar surface area (TPSA) is 20.3 Å². The molecule has 13 heavy (non-hydrogen) atoms. The Kier molecular flexibility index (Phi) is 1.79. The maximum absolute atomic E-state index is 13.2. The summed E-state index contributed by atoms with van der Waals surface area (Å²) in [5, 5.41) is 0.256. The van der Waals surface area contributed by atoms with Crippen molar-refractivity contribution in [2.45, 2.75) is 19.8 Å². The third-order valence-electron chi connectivity index (χ3n) is 2.40. The van der Waals surface area contributed by atoms with E-state index in [1.54, 1.807) is 12.1 Å². The molecule has 0 spiro atoms. The van der Waals surface area contributed by atoms with Gasteiger partial charge in [-0.05, 0) is 30.5 Å². The molecule has 3 heteroatoms. The zero-order chi connectivity index (χ0) is 9.42. The zero-order valence-electron chi connectivity index (χ0n) is 7.38. The number of aryl methyl sites for hydroxylation is 1. The number of rotatable bonds is 0. The molecule has 0 radical (unpaired) electrons. The Hall–Kier alpha value is -1.38. The number of hydrogen-bond donors (Lipinski definition) is 0. The molecule has 1 aliphatic heterocycles. The van der Waals surface area contributed by atoms with Gasteiger partial charge in [0.25, 0.3) is 5.91 Å². The van der Waals surface area contributed by atoms with Gasteiger partial charge in [0.05, 0.1) is 5.69 Å². The molecule has 0 saturated heterocycles. The van der Waals surface area contributed by atoms with Gasteiger partial charge in [-0.3, -0.25) is 4.79 Å². The van der Waals surface area contributed by atoms with Gasteiger partial charge in [0, 0.05) is 6.42 Å². The lowest BCUT2D eigenvalue weighted by Crippen LogP contribution is -2.27. The molecule has 0 aliphatic carbocycles. The highest BCUT2D eigenvalue weighted by atomic mass is 19.2. The van der Waals surface area contributed by atoms with Gasteiger partial charge in [0.1, 0.15) is 0 Å². The van der Waals surface area contributed by atoms with Crippen LogP contribution in [-0.2, 0) is 11.2 Å². The zero-order valence-corrected chi connectivity index (χ0v) is 7.38. The first-order valence-electron chi connectivity index (χ1n) is 4.27. The third kappa shape index (κ3) is 1.20. The van der Waals surface area contributed by atoms with E-state index >= 15 is 0 Å². The number of hydrogen-bond acceptors (Lipinski definition) is 1. The first-order valence-corrected chi connectivity index (χ1v) is 4.27. The van der Waals surface area contributed by atoms with Crippen LogP contribution in [0.4, 0.5) is 10.2 Å². The highest BCUT2D eigenvalue weighted by molar-refractivity contribution is 5.94. The molecule has 0 atom stereocenters. The van der Waals surface area contributed by atoms with Crippen LogP contribution < -0.4 is 5.12 Å². The number of halogens is 1. The van der Waals surface area contributed by atoms with Gasteiger partial charge in [-0.2, -0.15) is 0 Å². The van der Waals surface area contributed by atoms with Crippen LogP contribution in [0.2, 0.25) is 0 Å². The van der Waals surface area contributed by atoms with Crippen molar-refractivity contribution in [2.75, 3.05) is 5.12 Å². The Morgan fingerprint density at radius 3 is 2.92 bits per heavy atom. The second-order valence-corrected chi connectivity index (χ2v) is 3.25. The average molecular weight is 179 g/mol. The molecule has 2 nitrogen and oxygen atoms in total. The number of carbonyl (C=O) groups is 1. The van der Waals surface area contributed by atoms with Gasteiger partial charge >= 0.3 is 0 Å². The van der Waals surface area contributed by atoms with Crippen molar-refractivity contribution in [3.8, 4) is 0 Å². The lowest BCUT2D eigenvalue weighted by atomic mass is 9.98. The Bertz CT molecular complexity index is 362. The summed E-state index contributed by atoms with van der Waals surface area (Å²) >= 11 is 0. The van der Waals surface area contributed by atoms with E-state index < -0.39 is 5.91 Å². The fourth-order valence-electron chi connectivity index (χ4n) is 1.66. The second kappa shape index (κ2) is 2.83. The first-order chi connectivity index (χ1) is 6.20. The first kappa shape index (κ1) is 8.23. The predicted octanol–water partition coefficient (Wildman–Crippen LogP) is 2.16. The van der Waals surface area contributed by atoms with Crippen molar-refractivity contribution in [1.29, 1.82) is 0 Å². The molecule has 1 aliphatic rings. The van der Waals surface area contributed by atoms with Crippen LogP contribution in [0.1, 0.15) is 17.5 Å². The van der Waals surface area contributed by atoms with E-state index in [0.29, 0.717) is 12.1 Å². The van der Waals surface area contributed by atoms with Gasteiger partial charge < -0.3 is 0 Å². The number of anilines is 1. The Balaban J connectivity index is 2.55. The lowest BCUT2D eigenvalue weighted by molar-refractivity contribution is -0.121.